The minimum absolute atomic E-state index is 0.0965. The molecule has 0 saturated heterocycles. The van der Waals surface area contributed by atoms with Crippen molar-refractivity contribution < 1.29 is 15.0 Å². The number of unbranched alkanes of at least 4 members (excludes halogenated alkanes) is 16. The smallest absolute Gasteiger partial charge is 0.220 e. The molecule has 0 heterocycles. The van der Waals surface area contributed by atoms with Crippen LogP contribution in [0.1, 0.15) is 162 Å². The van der Waals surface area contributed by atoms with Crippen LogP contribution in [0.15, 0.2) is 60.8 Å². The Labute approximate surface area is 266 Å². The Morgan fingerprint density at radius 1 is 0.558 bits per heavy atom. The van der Waals surface area contributed by atoms with Crippen molar-refractivity contribution in [1.29, 1.82) is 0 Å². The normalized spacial score (nSPS) is 13.9. The van der Waals surface area contributed by atoms with E-state index in [2.05, 4.69) is 67.8 Å². The summed E-state index contributed by atoms with van der Waals surface area (Å²) in [6.45, 7) is 4.21. The van der Waals surface area contributed by atoms with Crippen LogP contribution in [0, 0.1) is 0 Å². The molecule has 0 radical (unpaired) electrons. The van der Waals surface area contributed by atoms with Gasteiger partial charge >= 0.3 is 0 Å². The number of allylic oxidation sites excluding steroid dienone is 9. The Hall–Kier alpha value is -1.91. The second kappa shape index (κ2) is 34.6. The first-order chi connectivity index (χ1) is 21.2. The van der Waals surface area contributed by atoms with Crippen molar-refractivity contribution in [2.24, 2.45) is 0 Å². The maximum absolute atomic E-state index is 12.3. The number of carbonyl (C=O) groups excluding carboxylic acids is 1. The molecule has 0 fully saturated rings. The first-order valence-electron chi connectivity index (χ1n) is 18.0. The van der Waals surface area contributed by atoms with Crippen LogP contribution < -0.4 is 5.32 Å². The molecule has 0 aliphatic carbocycles. The van der Waals surface area contributed by atoms with Gasteiger partial charge in [0.15, 0.2) is 0 Å². The van der Waals surface area contributed by atoms with E-state index in [0.29, 0.717) is 6.42 Å². The standard InChI is InChI=1S/C39H69NO3/c1-3-5-7-9-11-13-15-17-19-20-21-22-24-26-28-30-32-34-38(42)37(36-41)40-39(43)35-33-31-29-27-25-23-18-16-14-12-10-8-6-4-2/h10,12,16,18-20,24,26,32,34,37-38,41-42H,3-9,11,13-15,17,21-23,25,27-31,33,35-36H2,1-2H3,(H,40,43)/b12-10-,18-16-,20-19+,26-24+,34-32+. The van der Waals surface area contributed by atoms with Gasteiger partial charge in [0, 0.05) is 6.42 Å². The molecule has 0 aromatic carbocycles. The van der Waals surface area contributed by atoms with E-state index >= 15 is 0 Å². The van der Waals surface area contributed by atoms with E-state index in [1.54, 1.807) is 6.08 Å². The van der Waals surface area contributed by atoms with Gasteiger partial charge in [0.2, 0.25) is 5.91 Å². The lowest BCUT2D eigenvalue weighted by molar-refractivity contribution is -0.123. The van der Waals surface area contributed by atoms with Crippen molar-refractivity contribution >= 4 is 5.91 Å². The summed E-state index contributed by atoms with van der Waals surface area (Å²) in [5.41, 5.74) is 0. The topological polar surface area (TPSA) is 69.6 Å². The fraction of sp³-hybridized carbons (Fsp3) is 0.718. The maximum Gasteiger partial charge on any atom is 0.220 e. The minimum Gasteiger partial charge on any atom is -0.394 e. The molecular weight excluding hydrogens is 530 g/mol. The predicted octanol–water partition coefficient (Wildman–Crippen LogP) is 10.6. The van der Waals surface area contributed by atoms with Gasteiger partial charge in [-0.25, -0.2) is 0 Å². The van der Waals surface area contributed by atoms with Gasteiger partial charge in [-0.15, -0.1) is 0 Å². The van der Waals surface area contributed by atoms with Crippen molar-refractivity contribution in [3.63, 3.8) is 0 Å². The SMILES string of the molecule is CCCC/C=C\C/C=C\CCCCCCCC(=O)NC(CO)C(O)/C=C/CC/C=C/CC/C=C/CCCCCCCCC. The number of aliphatic hydroxyl groups is 2. The van der Waals surface area contributed by atoms with E-state index in [4.69, 9.17) is 0 Å². The molecule has 0 bridgehead atoms. The van der Waals surface area contributed by atoms with Crippen LogP contribution in [0.5, 0.6) is 0 Å². The number of hydrogen-bond donors (Lipinski definition) is 3. The zero-order valence-electron chi connectivity index (χ0n) is 28.2. The Bertz CT molecular complexity index is 737. The molecular formula is C39H69NO3. The number of amides is 1. The summed E-state index contributed by atoms with van der Waals surface area (Å²) in [5, 5.41) is 22.8. The van der Waals surface area contributed by atoms with Gasteiger partial charge in [-0.2, -0.15) is 0 Å². The fourth-order valence-electron chi connectivity index (χ4n) is 4.87. The van der Waals surface area contributed by atoms with Gasteiger partial charge in [0.05, 0.1) is 18.8 Å². The highest BCUT2D eigenvalue weighted by molar-refractivity contribution is 5.76. The van der Waals surface area contributed by atoms with Crippen molar-refractivity contribution in [3.05, 3.63) is 60.8 Å². The highest BCUT2D eigenvalue weighted by Gasteiger charge is 2.17. The van der Waals surface area contributed by atoms with Crippen LogP contribution >= 0.6 is 0 Å². The summed E-state index contributed by atoms with van der Waals surface area (Å²) in [5.74, 6) is -0.0965. The Morgan fingerprint density at radius 3 is 1.56 bits per heavy atom. The highest BCUT2D eigenvalue weighted by Crippen LogP contribution is 2.10. The lowest BCUT2D eigenvalue weighted by Crippen LogP contribution is -2.45. The third kappa shape index (κ3) is 31.3. The number of nitrogens with one attached hydrogen (secondary N) is 1. The first-order valence-corrected chi connectivity index (χ1v) is 18.0. The zero-order valence-corrected chi connectivity index (χ0v) is 28.2. The molecule has 0 aromatic heterocycles. The molecule has 0 aromatic rings. The number of aliphatic hydroxyl groups excluding tert-OH is 2. The monoisotopic (exact) mass is 600 g/mol. The molecule has 4 nitrogen and oxygen atoms in total. The van der Waals surface area contributed by atoms with Crippen LogP contribution in [0.2, 0.25) is 0 Å². The van der Waals surface area contributed by atoms with Crippen molar-refractivity contribution in [1.82, 2.24) is 5.32 Å². The molecule has 0 aliphatic rings. The van der Waals surface area contributed by atoms with E-state index in [0.717, 1.165) is 57.8 Å². The zero-order chi connectivity index (χ0) is 31.5. The molecule has 248 valence electrons. The lowest BCUT2D eigenvalue weighted by Gasteiger charge is -2.19. The predicted molar refractivity (Wildman–Crippen MR) is 188 cm³/mol. The Kier molecular flexibility index (Phi) is 33.0. The van der Waals surface area contributed by atoms with E-state index in [-0.39, 0.29) is 12.5 Å². The lowest BCUT2D eigenvalue weighted by atomic mass is 10.1. The summed E-state index contributed by atoms with van der Waals surface area (Å²) in [4.78, 5) is 12.3. The number of hydrogen-bond acceptors (Lipinski definition) is 3. The van der Waals surface area contributed by atoms with Crippen molar-refractivity contribution in [2.75, 3.05) is 6.61 Å². The second-order valence-corrected chi connectivity index (χ2v) is 11.9. The fourth-order valence-corrected chi connectivity index (χ4v) is 4.87. The average molecular weight is 600 g/mol. The van der Waals surface area contributed by atoms with E-state index < -0.39 is 12.1 Å². The Balaban J connectivity index is 3.77. The third-order valence-corrected chi connectivity index (χ3v) is 7.70. The van der Waals surface area contributed by atoms with Crippen LogP contribution in [0.25, 0.3) is 0 Å². The largest absolute Gasteiger partial charge is 0.394 e. The number of rotatable bonds is 31. The molecule has 2 atom stereocenters. The van der Waals surface area contributed by atoms with Crippen LogP contribution in [-0.2, 0) is 4.79 Å². The van der Waals surface area contributed by atoms with Gasteiger partial charge in [-0.3, -0.25) is 4.79 Å². The summed E-state index contributed by atoms with van der Waals surface area (Å²) >= 11 is 0. The molecule has 0 saturated carbocycles. The van der Waals surface area contributed by atoms with Crippen LogP contribution in [-0.4, -0.2) is 34.9 Å². The Morgan fingerprint density at radius 2 is 1.00 bits per heavy atom. The van der Waals surface area contributed by atoms with Crippen molar-refractivity contribution in [3.8, 4) is 0 Å². The first kappa shape index (κ1) is 41.1. The maximum atomic E-state index is 12.3. The molecule has 4 heteroatoms. The molecule has 0 aliphatic heterocycles. The van der Waals surface area contributed by atoms with E-state index in [1.807, 2.05) is 6.08 Å². The average Bonchev–Trinajstić information content (AvgIpc) is 3.01. The van der Waals surface area contributed by atoms with Crippen molar-refractivity contribution in [2.45, 2.75) is 174 Å². The minimum atomic E-state index is -0.876. The highest BCUT2D eigenvalue weighted by atomic mass is 16.3. The molecule has 3 N–H and O–H groups in total. The van der Waals surface area contributed by atoms with E-state index in [9.17, 15) is 15.0 Å². The quantitative estimate of drug-likeness (QED) is 0.0548. The summed E-state index contributed by atoms with van der Waals surface area (Å²) < 4.78 is 0. The summed E-state index contributed by atoms with van der Waals surface area (Å²) in [7, 11) is 0. The summed E-state index contributed by atoms with van der Waals surface area (Å²) in [6, 6.07) is -0.652. The van der Waals surface area contributed by atoms with Gasteiger partial charge < -0.3 is 15.5 Å². The molecule has 1 amide bonds. The van der Waals surface area contributed by atoms with Gasteiger partial charge in [-0.1, -0.05) is 145 Å². The molecule has 43 heavy (non-hydrogen) atoms. The molecule has 2 unspecified atom stereocenters. The molecule has 0 spiro atoms. The third-order valence-electron chi connectivity index (χ3n) is 7.70. The van der Waals surface area contributed by atoms with Crippen LogP contribution in [0.4, 0.5) is 0 Å². The van der Waals surface area contributed by atoms with Gasteiger partial charge in [0.1, 0.15) is 0 Å². The van der Waals surface area contributed by atoms with Gasteiger partial charge in [0.25, 0.3) is 0 Å². The van der Waals surface area contributed by atoms with Crippen LogP contribution in [0.3, 0.4) is 0 Å². The van der Waals surface area contributed by atoms with Gasteiger partial charge in [-0.05, 0) is 70.6 Å². The van der Waals surface area contributed by atoms with E-state index in [1.165, 1.54) is 83.5 Å². The summed E-state index contributed by atoms with van der Waals surface area (Å²) in [6.07, 6.45) is 47.3. The number of carbonyl (C=O) groups is 1. The molecule has 0 rings (SSSR count). The second-order valence-electron chi connectivity index (χ2n) is 11.9.